The second kappa shape index (κ2) is 5.87. The summed E-state index contributed by atoms with van der Waals surface area (Å²) in [6, 6.07) is 4.62. The first kappa shape index (κ1) is 14.9. The van der Waals surface area contributed by atoms with Crippen LogP contribution in [-0.2, 0) is 12.7 Å². The van der Waals surface area contributed by atoms with Gasteiger partial charge in [0, 0.05) is 6.54 Å². The molecule has 0 fully saturated rings. The van der Waals surface area contributed by atoms with Gasteiger partial charge in [0.15, 0.2) is 5.75 Å². The minimum Gasteiger partial charge on any atom is -0.454 e. The van der Waals surface area contributed by atoms with Gasteiger partial charge in [-0.1, -0.05) is 6.92 Å². The van der Waals surface area contributed by atoms with Gasteiger partial charge in [-0.05, 0) is 24.6 Å². The Morgan fingerprint density at radius 2 is 2.10 bits per heavy atom. The number of hydrogen-bond acceptors (Lipinski definition) is 3. The van der Waals surface area contributed by atoms with Crippen LogP contribution >= 0.6 is 0 Å². The molecule has 2 aromatic rings. The van der Waals surface area contributed by atoms with Crippen molar-refractivity contribution in [2.75, 3.05) is 0 Å². The smallest absolute Gasteiger partial charge is 0.417 e. The second-order valence-electron chi connectivity index (χ2n) is 4.36. The number of benzene rings is 1. The average molecular weight is 295 g/mol. The zero-order valence-corrected chi connectivity index (χ0v) is 11.2. The van der Waals surface area contributed by atoms with Crippen molar-refractivity contribution < 1.29 is 17.9 Å². The number of aryl methyl sites for hydroxylation is 1. The highest BCUT2D eigenvalue weighted by molar-refractivity contribution is 5.45. The van der Waals surface area contributed by atoms with Crippen molar-refractivity contribution in [1.29, 1.82) is 5.26 Å². The molecule has 21 heavy (non-hydrogen) atoms. The summed E-state index contributed by atoms with van der Waals surface area (Å²) in [5, 5.41) is 12.9. The Labute approximate surface area is 119 Å². The summed E-state index contributed by atoms with van der Waals surface area (Å²) in [6.07, 6.45) is -0.540. The highest BCUT2D eigenvalue weighted by Crippen LogP contribution is 2.34. The lowest BCUT2D eigenvalue weighted by molar-refractivity contribution is -0.137. The highest BCUT2D eigenvalue weighted by Gasteiger charge is 2.33. The van der Waals surface area contributed by atoms with Gasteiger partial charge in [-0.2, -0.15) is 23.5 Å². The Morgan fingerprint density at radius 1 is 1.33 bits per heavy atom. The molecule has 0 N–H and O–H groups in total. The summed E-state index contributed by atoms with van der Waals surface area (Å²) in [6.45, 7) is 2.72. The lowest BCUT2D eigenvalue weighted by Crippen LogP contribution is -2.07. The fraction of sp³-hybridized carbons (Fsp3) is 0.286. The van der Waals surface area contributed by atoms with Crippen molar-refractivity contribution in [3.05, 3.63) is 41.7 Å². The van der Waals surface area contributed by atoms with E-state index in [0.717, 1.165) is 25.1 Å². The van der Waals surface area contributed by atoms with E-state index in [1.54, 1.807) is 10.9 Å². The van der Waals surface area contributed by atoms with Crippen LogP contribution in [-0.4, -0.2) is 9.78 Å². The van der Waals surface area contributed by atoms with Crippen molar-refractivity contribution in [3.63, 3.8) is 0 Å². The van der Waals surface area contributed by atoms with Crippen molar-refractivity contribution in [2.24, 2.45) is 0 Å². The van der Waals surface area contributed by atoms with Crippen molar-refractivity contribution in [3.8, 4) is 17.6 Å². The topological polar surface area (TPSA) is 50.8 Å². The highest BCUT2D eigenvalue weighted by atomic mass is 19.4. The van der Waals surface area contributed by atoms with Crippen LogP contribution in [0.25, 0.3) is 0 Å². The first-order valence-corrected chi connectivity index (χ1v) is 6.25. The molecule has 0 aliphatic heterocycles. The summed E-state index contributed by atoms with van der Waals surface area (Å²) in [7, 11) is 0. The molecule has 7 heteroatoms. The zero-order valence-electron chi connectivity index (χ0n) is 11.2. The number of ether oxygens (including phenoxy) is 1. The van der Waals surface area contributed by atoms with Gasteiger partial charge in [0.1, 0.15) is 5.75 Å². The monoisotopic (exact) mass is 295 g/mol. The predicted molar refractivity (Wildman–Crippen MR) is 68.8 cm³/mol. The largest absolute Gasteiger partial charge is 0.454 e. The Kier molecular flexibility index (Phi) is 4.17. The lowest BCUT2D eigenvalue weighted by Gasteiger charge is -2.10. The van der Waals surface area contributed by atoms with E-state index in [-0.39, 0.29) is 5.75 Å². The molecule has 0 unspecified atom stereocenters. The molecule has 0 bridgehead atoms. The van der Waals surface area contributed by atoms with Crippen molar-refractivity contribution >= 4 is 0 Å². The SMILES string of the molecule is CCCn1cc(Oc2ccc(C(F)(F)F)c(C#N)c2)cn1. The Hall–Kier alpha value is -2.49. The van der Waals surface area contributed by atoms with E-state index in [2.05, 4.69) is 5.10 Å². The summed E-state index contributed by atoms with van der Waals surface area (Å²) in [4.78, 5) is 0. The number of nitrogens with zero attached hydrogens (tertiary/aromatic N) is 3. The van der Waals surface area contributed by atoms with E-state index in [1.165, 1.54) is 18.3 Å². The van der Waals surface area contributed by atoms with Crippen LogP contribution in [0.1, 0.15) is 24.5 Å². The van der Waals surface area contributed by atoms with E-state index in [9.17, 15) is 13.2 Å². The number of halogens is 3. The van der Waals surface area contributed by atoms with Crippen LogP contribution in [0.5, 0.6) is 11.5 Å². The van der Waals surface area contributed by atoms with Crippen molar-refractivity contribution in [2.45, 2.75) is 26.1 Å². The summed E-state index contributed by atoms with van der Waals surface area (Å²) >= 11 is 0. The van der Waals surface area contributed by atoms with Crippen LogP contribution in [0.3, 0.4) is 0 Å². The maximum Gasteiger partial charge on any atom is 0.417 e. The zero-order chi connectivity index (χ0) is 15.5. The molecule has 0 atom stereocenters. The van der Waals surface area contributed by atoms with Gasteiger partial charge in [0.05, 0.1) is 29.6 Å². The van der Waals surface area contributed by atoms with Gasteiger partial charge < -0.3 is 4.74 Å². The standard InChI is InChI=1S/C14H12F3N3O/c1-2-5-20-9-12(8-19-20)21-11-3-4-13(14(15,16)17)10(6-11)7-18/h3-4,6,8-9H,2,5H2,1H3. The van der Waals surface area contributed by atoms with Crippen LogP contribution in [0.15, 0.2) is 30.6 Å². The number of aromatic nitrogens is 2. The van der Waals surface area contributed by atoms with Crippen LogP contribution in [0.4, 0.5) is 13.2 Å². The molecule has 1 aromatic heterocycles. The third-order valence-corrected chi connectivity index (χ3v) is 2.71. The van der Waals surface area contributed by atoms with E-state index in [0.29, 0.717) is 5.75 Å². The summed E-state index contributed by atoms with van der Waals surface area (Å²) in [5.74, 6) is 0.572. The van der Waals surface area contributed by atoms with Gasteiger partial charge >= 0.3 is 6.18 Å². The van der Waals surface area contributed by atoms with Gasteiger partial charge in [-0.25, -0.2) is 0 Å². The molecule has 0 spiro atoms. The molecule has 1 heterocycles. The van der Waals surface area contributed by atoms with Crippen molar-refractivity contribution in [1.82, 2.24) is 9.78 Å². The maximum atomic E-state index is 12.7. The predicted octanol–water partition coefficient (Wildman–Crippen LogP) is 3.98. The van der Waals surface area contributed by atoms with Crippen LogP contribution < -0.4 is 4.74 Å². The van der Waals surface area contributed by atoms with Gasteiger partial charge in [0.25, 0.3) is 0 Å². The third kappa shape index (κ3) is 3.54. The summed E-state index contributed by atoms with van der Waals surface area (Å²) < 4.78 is 45.1. The molecule has 110 valence electrons. The fourth-order valence-corrected chi connectivity index (χ4v) is 1.81. The minimum atomic E-state index is -4.56. The van der Waals surface area contributed by atoms with E-state index < -0.39 is 17.3 Å². The Bertz CT molecular complexity index is 671. The number of rotatable bonds is 4. The van der Waals surface area contributed by atoms with E-state index >= 15 is 0 Å². The fourth-order valence-electron chi connectivity index (χ4n) is 1.81. The first-order valence-electron chi connectivity index (χ1n) is 6.25. The quantitative estimate of drug-likeness (QED) is 0.857. The van der Waals surface area contributed by atoms with E-state index in [4.69, 9.17) is 10.00 Å². The molecule has 0 saturated heterocycles. The van der Waals surface area contributed by atoms with Gasteiger partial charge in [-0.3, -0.25) is 4.68 Å². The minimum absolute atomic E-state index is 0.163. The Balaban J connectivity index is 2.23. The molecule has 1 aromatic carbocycles. The molecule has 0 aliphatic rings. The molecule has 0 aliphatic carbocycles. The van der Waals surface area contributed by atoms with Crippen LogP contribution in [0, 0.1) is 11.3 Å². The normalized spacial score (nSPS) is 11.2. The molecular weight excluding hydrogens is 283 g/mol. The summed E-state index contributed by atoms with van der Waals surface area (Å²) in [5.41, 5.74) is -1.44. The molecule has 0 radical (unpaired) electrons. The Morgan fingerprint density at radius 3 is 2.71 bits per heavy atom. The van der Waals surface area contributed by atoms with Gasteiger partial charge in [-0.15, -0.1) is 0 Å². The lowest BCUT2D eigenvalue weighted by atomic mass is 10.1. The van der Waals surface area contributed by atoms with Crippen LogP contribution in [0.2, 0.25) is 0 Å². The number of alkyl halides is 3. The maximum absolute atomic E-state index is 12.7. The molecule has 2 rings (SSSR count). The molecule has 0 saturated carbocycles. The van der Waals surface area contributed by atoms with Gasteiger partial charge in [0.2, 0.25) is 0 Å². The number of nitriles is 1. The second-order valence-corrected chi connectivity index (χ2v) is 4.36. The third-order valence-electron chi connectivity index (χ3n) is 2.71. The first-order chi connectivity index (χ1) is 9.94. The average Bonchev–Trinajstić information content (AvgIpc) is 2.85. The van der Waals surface area contributed by atoms with E-state index in [1.807, 2.05) is 6.92 Å². The molecule has 4 nitrogen and oxygen atoms in total. The molecular formula is C14H12F3N3O. The molecule has 0 amide bonds. The number of hydrogen-bond donors (Lipinski definition) is 0.